The van der Waals surface area contributed by atoms with Crippen LogP contribution in [0.25, 0.3) is 0 Å². The summed E-state index contributed by atoms with van der Waals surface area (Å²) in [6.07, 6.45) is 1.77. The maximum atomic E-state index is 4.67. The lowest BCUT2D eigenvalue weighted by molar-refractivity contribution is 0.613. The van der Waals surface area contributed by atoms with Gasteiger partial charge in [0.2, 0.25) is 0 Å². The highest BCUT2D eigenvalue weighted by Crippen LogP contribution is 2.17. The van der Waals surface area contributed by atoms with Crippen LogP contribution in [0.3, 0.4) is 0 Å². The molecule has 0 aromatic carbocycles. The Morgan fingerprint density at radius 1 is 1.28 bits per heavy atom. The van der Waals surface area contributed by atoms with Gasteiger partial charge in [0.15, 0.2) is 0 Å². The van der Waals surface area contributed by atoms with Crippen molar-refractivity contribution in [1.82, 2.24) is 20.3 Å². The maximum Gasteiger partial charge on any atom is 0.134 e. The van der Waals surface area contributed by atoms with Gasteiger partial charge in [0.05, 0.1) is 22.8 Å². The van der Waals surface area contributed by atoms with Crippen molar-refractivity contribution >= 4 is 11.3 Å². The van der Waals surface area contributed by atoms with Crippen LogP contribution in [-0.2, 0) is 19.4 Å². The summed E-state index contributed by atoms with van der Waals surface area (Å²) in [5.74, 6) is 0.889. The molecule has 1 aliphatic heterocycles. The molecule has 0 aliphatic carbocycles. The van der Waals surface area contributed by atoms with E-state index in [0.29, 0.717) is 0 Å². The molecular formula is C13H16N4S. The van der Waals surface area contributed by atoms with Gasteiger partial charge in [0.25, 0.3) is 0 Å². The van der Waals surface area contributed by atoms with Crippen LogP contribution in [0, 0.1) is 13.8 Å². The Bertz CT molecular complexity index is 576. The smallest absolute Gasteiger partial charge is 0.134 e. The highest BCUT2D eigenvalue weighted by molar-refractivity contribution is 7.09. The van der Waals surface area contributed by atoms with Crippen molar-refractivity contribution in [3.05, 3.63) is 38.9 Å². The molecule has 0 fully saturated rings. The van der Waals surface area contributed by atoms with Crippen LogP contribution in [0.5, 0.6) is 0 Å². The van der Waals surface area contributed by atoms with E-state index in [1.54, 1.807) is 11.3 Å². The molecule has 5 heteroatoms. The SMILES string of the molecule is Cc1nc(Cc2nc(C)c3c(n2)CNCC3)cs1. The Labute approximate surface area is 111 Å². The van der Waals surface area contributed by atoms with Crippen molar-refractivity contribution in [2.75, 3.05) is 6.54 Å². The number of aromatic nitrogens is 3. The summed E-state index contributed by atoms with van der Waals surface area (Å²) in [6.45, 7) is 6.00. The van der Waals surface area contributed by atoms with Gasteiger partial charge in [-0.05, 0) is 32.4 Å². The molecule has 3 heterocycles. The molecule has 2 aromatic rings. The van der Waals surface area contributed by atoms with Crippen molar-refractivity contribution in [3.63, 3.8) is 0 Å². The summed E-state index contributed by atoms with van der Waals surface area (Å²) in [5.41, 5.74) is 4.69. The van der Waals surface area contributed by atoms with Crippen LogP contribution in [0.2, 0.25) is 0 Å². The zero-order valence-corrected chi connectivity index (χ0v) is 11.5. The molecule has 1 N–H and O–H groups in total. The van der Waals surface area contributed by atoms with Crippen LogP contribution < -0.4 is 5.32 Å². The third-order valence-electron chi connectivity index (χ3n) is 3.20. The Hall–Kier alpha value is -1.33. The number of rotatable bonds is 2. The molecule has 0 unspecified atom stereocenters. The van der Waals surface area contributed by atoms with Crippen LogP contribution in [-0.4, -0.2) is 21.5 Å². The maximum absolute atomic E-state index is 4.67. The number of aryl methyl sites for hydroxylation is 2. The topological polar surface area (TPSA) is 50.7 Å². The van der Waals surface area contributed by atoms with Gasteiger partial charge < -0.3 is 5.32 Å². The minimum absolute atomic E-state index is 0.735. The average Bonchev–Trinajstić information content (AvgIpc) is 2.75. The second-order valence-electron chi connectivity index (χ2n) is 4.61. The van der Waals surface area contributed by atoms with E-state index in [0.717, 1.165) is 53.8 Å². The van der Waals surface area contributed by atoms with E-state index in [-0.39, 0.29) is 0 Å². The first kappa shape index (κ1) is 11.7. The fourth-order valence-corrected chi connectivity index (χ4v) is 2.95. The minimum atomic E-state index is 0.735. The van der Waals surface area contributed by atoms with E-state index in [9.17, 15) is 0 Å². The molecule has 1 aliphatic rings. The fraction of sp³-hybridized carbons (Fsp3) is 0.462. The molecule has 4 nitrogen and oxygen atoms in total. The van der Waals surface area contributed by atoms with Gasteiger partial charge in [-0.25, -0.2) is 15.0 Å². The third kappa shape index (κ3) is 2.28. The Morgan fingerprint density at radius 2 is 2.17 bits per heavy atom. The van der Waals surface area contributed by atoms with Gasteiger partial charge in [-0.15, -0.1) is 11.3 Å². The molecule has 0 amide bonds. The van der Waals surface area contributed by atoms with Crippen LogP contribution >= 0.6 is 11.3 Å². The summed E-state index contributed by atoms with van der Waals surface area (Å²) in [5, 5.41) is 6.55. The summed E-state index contributed by atoms with van der Waals surface area (Å²) >= 11 is 1.68. The number of hydrogen-bond acceptors (Lipinski definition) is 5. The van der Waals surface area contributed by atoms with E-state index in [4.69, 9.17) is 0 Å². The zero-order chi connectivity index (χ0) is 12.5. The van der Waals surface area contributed by atoms with Gasteiger partial charge in [-0.1, -0.05) is 0 Å². The van der Waals surface area contributed by atoms with Crippen LogP contribution in [0.15, 0.2) is 5.38 Å². The molecule has 0 saturated carbocycles. The Balaban J connectivity index is 1.91. The minimum Gasteiger partial charge on any atom is -0.311 e. The lowest BCUT2D eigenvalue weighted by Crippen LogP contribution is -2.26. The molecular weight excluding hydrogens is 244 g/mol. The highest BCUT2D eigenvalue weighted by atomic mass is 32.1. The molecule has 0 spiro atoms. The molecule has 3 rings (SSSR count). The van der Waals surface area contributed by atoms with Crippen molar-refractivity contribution in [2.45, 2.75) is 33.2 Å². The van der Waals surface area contributed by atoms with Gasteiger partial charge in [-0.2, -0.15) is 0 Å². The standard InChI is InChI=1S/C13H16N4S/c1-8-11-3-4-14-6-12(11)17-13(15-8)5-10-7-18-9(2)16-10/h7,14H,3-6H2,1-2H3. The molecule has 0 radical (unpaired) electrons. The molecule has 0 bridgehead atoms. The van der Waals surface area contributed by atoms with Gasteiger partial charge in [-0.3, -0.25) is 0 Å². The van der Waals surface area contributed by atoms with Crippen LogP contribution in [0.1, 0.15) is 33.5 Å². The predicted octanol–water partition coefficient (Wildman–Crippen LogP) is 1.79. The van der Waals surface area contributed by atoms with Crippen LogP contribution in [0.4, 0.5) is 0 Å². The number of thiazole rings is 1. The first-order valence-corrected chi connectivity index (χ1v) is 7.07. The molecule has 0 saturated heterocycles. The number of nitrogens with one attached hydrogen (secondary N) is 1. The first-order chi connectivity index (χ1) is 8.72. The summed E-state index contributed by atoms with van der Waals surface area (Å²) in [4.78, 5) is 13.8. The lowest BCUT2D eigenvalue weighted by atomic mass is 10.0. The molecule has 2 aromatic heterocycles. The summed E-state index contributed by atoms with van der Waals surface area (Å²) in [6, 6.07) is 0. The van der Waals surface area contributed by atoms with E-state index in [2.05, 4.69) is 32.6 Å². The van der Waals surface area contributed by atoms with Gasteiger partial charge in [0, 0.05) is 17.6 Å². The summed E-state index contributed by atoms with van der Waals surface area (Å²) in [7, 11) is 0. The summed E-state index contributed by atoms with van der Waals surface area (Å²) < 4.78 is 0. The van der Waals surface area contributed by atoms with Crippen molar-refractivity contribution in [2.24, 2.45) is 0 Å². The molecule has 94 valence electrons. The van der Waals surface area contributed by atoms with E-state index in [1.165, 1.54) is 5.56 Å². The van der Waals surface area contributed by atoms with Crippen molar-refractivity contribution < 1.29 is 0 Å². The highest BCUT2D eigenvalue weighted by Gasteiger charge is 2.15. The predicted molar refractivity (Wildman–Crippen MR) is 71.8 cm³/mol. The Kier molecular flexibility index (Phi) is 3.09. The van der Waals surface area contributed by atoms with Crippen molar-refractivity contribution in [1.29, 1.82) is 0 Å². The van der Waals surface area contributed by atoms with E-state index >= 15 is 0 Å². The number of nitrogens with zero attached hydrogens (tertiary/aromatic N) is 3. The first-order valence-electron chi connectivity index (χ1n) is 6.19. The third-order valence-corrected chi connectivity index (χ3v) is 4.02. The monoisotopic (exact) mass is 260 g/mol. The quantitative estimate of drug-likeness (QED) is 0.894. The fourth-order valence-electron chi connectivity index (χ4n) is 2.34. The second-order valence-corrected chi connectivity index (χ2v) is 5.67. The van der Waals surface area contributed by atoms with E-state index < -0.39 is 0 Å². The largest absolute Gasteiger partial charge is 0.311 e. The second kappa shape index (κ2) is 4.74. The van der Waals surface area contributed by atoms with Gasteiger partial charge >= 0.3 is 0 Å². The van der Waals surface area contributed by atoms with Gasteiger partial charge in [0.1, 0.15) is 5.82 Å². The zero-order valence-electron chi connectivity index (χ0n) is 10.7. The normalized spacial score (nSPS) is 14.6. The molecule has 18 heavy (non-hydrogen) atoms. The number of fused-ring (bicyclic) bond motifs is 1. The number of hydrogen-bond donors (Lipinski definition) is 1. The average molecular weight is 260 g/mol. The Morgan fingerprint density at radius 3 is 2.94 bits per heavy atom. The molecule has 0 atom stereocenters. The van der Waals surface area contributed by atoms with E-state index in [1.807, 2.05) is 6.92 Å². The van der Waals surface area contributed by atoms with Crippen molar-refractivity contribution in [3.8, 4) is 0 Å². The lowest BCUT2D eigenvalue weighted by Gasteiger charge is -2.18.